The van der Waals surface area contributed by atoms with Gasteiger partial charge >= 0.3 is 0 Å². The highest BCUT2D eigenvalue weighted by Gasteiger charge is 2.15. The summed E-state index contributed by atoms with van der Waals surface area (Å²) in [5.74, 6) is 1.31. The molecule has 1 aliphatic heterocycles. The molecule has 0 atom stereocenters. The maximum atomic E-state index is 14.0. The molecule has 0 fully saturated rings. The Morgan fingerprint density at radius 3 is 2.62 bits per heavy atom. The summed E-state index contributed by atoms with van der Waals surface area (Å²) in [4.78, 5) is 8.53. The van der Waals surface area contributed by atoms with E-state index >= 15 is 0 Å². The smallest absolute Gasteiger partial charge is 0.245 e. The highest BCUT2D eigenvalue weighted by molar-refractivity contribution is 5.82. The largest absolute Gasteiger partial charge is 0.454 e. The number of hydrogen-bond acceptors (Lipinski definition) is 10. The zero-order valence-electron chi connectivity index (χ0n) is 14.7. The van der Waals surface area contributed by atoms with Crippen LogP contribution in [-0.4, -0.2) is 33.3 Å². The molecule has 0 saturated carbocycles. The van der Waals surface area contributed by atoms with Crippen molar-refractivity contribution in [3.8, 4) is 11.5 Å². The van der Waals surface area contributed by atoms with Gasteiger partial charge in [-0.1, -0.05) is 12.1 Å². The van der Waals surface area contributed by atoms with E-state index in [1.807, 2.05) is 6.07 Å². The number of anilines is 3. The van der Waals surface area contributed by atoms with Gasteiger partial charge in [0.2, 0.25) is 18.1 Å². The van der Waals surface area contributed by atoms with E-state index in [1.54, 1.807) is 36.5 Å². The fourth-order valence-corrected chi connectivity index (χ4v) is 2.65. The van der Waals surface area contributed by atoms with Crippen molar-refractivity contribution in [2.45, 2.75) is 0 Å². The van der Waals surface area contributed by atoms with E-state index in [0.29, 0.717) is 11.5 Å². The minimum atomic E-state index is -0.442. The second-order valence-corrected chi connectivity index (χ2v) is 5.92. The van der Waals surface area contributed by atoms with Crippen LogP contribution in [0.4, 0.5) is 21.7 Å². The SMILES string of the molecule is Fc1ccccc1Nc1nc2nonc2nc1NN=Cc1ccc2c(c1)OCO2. The van der Waals surface area contributed by atoms with Crippen LogP contribution in [0.5, 0.6) is 11.5 Å². The van der Waals surface area contributed by atoms with Gasteiger partial charge in [0.05, 0.1) is 11.9 Å². The topological polar surface area (TPSA) is 120 Å². The van der Waals surface area contributed by atoms with E-state index in [-0.39, 0.29) is 35.4 Å². The van der Waals surface area contributed by atoms with Gasteiger partial charge in [0.25, 0.3) is 0 Å². The summed E-state index contributed by atoms with van der Waals surface area (Å²) in [7, 11) is 0. The Hall–Kier alpha value is -4.28. The molecule has 5 rings (SSSR count). The highest BCUT2D eigenvalue weighted by Crippen LogP contribution is 2.32. The van der Waals surface area contributed by atoms with Crippen molar-refractivity contribution in [1.82, 2.24) is 20.3 Å². The number of halogens is 1. The van der Waals surface area contributed by atoms with E-state index in [0.717, 1.165) is 5.56 Å². The molecule has 1 aliphatic rings. The van der Waals surface area contributed by atoms with Gasteiger partial charge in [-0.15, -0.1) is 0 Å². The fourth-order valence-electron chi connectivity index (χ4n) is 2.65. The molecule has 2 aromatic carbocycles. The Kier molecular flexibility index (Phi) is 4.09. The molecule has 144 valence electrons. The molecule has 4 aromatic rings. The summed E-state index contributed by atoms with van der Waals surface area (Å²) >= 11 is 0. The number of rotatable bonds is 5. The molecular weight excluding hydrogens is 381 g/mol. The first-order valence-corrected chi connectivity index (χ1v) is 8.47. The lowest BCUT2D eigenvalue weighted by Crippen LogP contribution is -2.04. The molecule has 0 aliphatic carbocycles. The monoisotopic (exact) mass is 393 g/mol. The van der Waals surface area contributed by atoms with Crippen molar-refractivity contribution in [1.29, 1.82) is 0 Å². The molecule has 3 heterocycles. The number of nitrogens with one attached hydrogen (secondary N) is 2. The summed E-state index contributed by atoms with van der Waals surface area (Å²) in [5, 5.41) is 14.4. The first-order valence-electron chi connectivity index (χ1n) is 8.47. The van der Waals surface area contributed by atoms with Crippen molar-refractivity contribution in [2.24, 2.45) is 5.10 Å². The van der Waals surface area contributed by atoms with Crippen molar-refractivity contribution < 1.29 is 18.5 Å². The van der Waals surface area contributed by atoms with Crippen LogP contribution in [0, 0.1) is 5.82 Å². The van der Waals surface area contributed by atoms with Gasteiger partial charge in [-0.2, -0.15) is 10.1 Å². The normalized spacial score (nSPS) is 12.6. The van der Waals surface area contributed by atoms with Gasteiger partial charge in [-0.05, 0) is 46.2 Å². The molecule has 0 spiro atoms. The molecule has 10 nitrogen and oxygen atoms in total. The third kappa shape index (κ3) is 3.36. The molecule has 11 heteroatoms. The highest BCUT2D eigenvalue weighted by atomic mass is 19.1. The maximum absolute atomic E-state index is 14.0. The average Bonchev–Trinajstić information content (AvgIpc) is 3.38. The first kappa shape index (κ1) is 16.9. The molecule has 0 saturated heterocycles. The van der Waals surface area contributed by atoms with Gasteiger partial charge in [0.1, 0.15) is 5.82 Å². The predicted octanol–water partition coefficient (Wildman–Crippen LogP) is 3.07. The minimum absolute atomic E-state index is 0.175. The summed E-state index contributed by atoms with van der Waals surface area (Å²) in [5.41, 5.74) is 4.14. The molecule has 29 heavy (non-hydrogen) atoms. The summed E-state index contributed by atoms with van der Waals surface area (Å²) in [6.45, 7) is 0.195. The second kappa shape index (κ2) is 7.03. The Morgan fingerprint density at radius 2 is 1.76 bits per heavy atom. The van der Waals surface area contributed by atoms with Crippen LogP contribution in [0.3, 0.4) is 0 Å². The zero-order valence-corrected chi connectivity index (χ0v) is 14.7. The van der Waals surface area contributed by atoms with Gasteiger partial charge in [-0.3, -0.25) is 5.43 Å². The quantitative estimate of drug-likeness (QED) is 0.389. The number of para-hydroxylation sites is 1. The number of fused-ring (bicyclic) bond motifs is 2. The number of benzene rings is 2. The summed E-state index contributed by atoms with van der Waals surface area (Å²) in [6, 6.07) is 11.6. The molecule has 0 bridgehead atoms. The van der Waals surface area contributed by atoms with Gasteiger partial charge in [0.15, 0.2) is 23.1 Å². The molecule has 0 unspecified atom stereocenters. The lowest BCUT2D eigenvalue weighted by Gasteiger charge is -2.09. The molecule has 2 N–H and O–H groups in total. The Labute approximate surface area is 162 Å². The van der Waals surface area contributed by atoms with E-state index in [2.05, 4.69) is 40.8 Å². The number of ether oxygens (including phenoxy) is 2. The molecular formula is C18H12FN7O3. The van der Waals surface area contributed by atoms with Crippen molar-refractivity contribution in [3.05, 3.63) is 53.8 Å². The van der Waals surface area contributed by atoms with Crippen LogP contribution >= 0.6 is 0 Å². The Balaban J connectivity index is 1.43. The van der Waals surface area contributed by atoms with Crippen LogP contribution in [0.25, 0.3) is 11.3 Å². The third-order valence-corrected chi connectivity index (χ3v) is 4.02. The van der Waals surface area contributed by atoms with Crippen LogP contribution in [0.2, 0.25) is 0 Å². The van der Waals surface area contributed by atoms with Gasteiger partial charge < -0.3 is 14.8 Å². The second-order valence-electron chi connectivity index (χ2n) is 5.92. The van der Waals surface area contributed by atoms with Gasteiger partial charge in [0, 0.05) is 0 Å². The van der Waals surface area contributed by atoms with Crippen LogP contribution in [0.1, 0.15) is 5.56 Å². The van der Waals surface area contributed by atoms with E-state index in [9.17, 15) is 4.39 Å². The fraction of sp³-hybridized carbons (Fsp3) is 0.0556. The maximum Gasteiger partial charge on any atom is 0.245 e. The molecule has 0 radical (unpaired) electrons. The first-order chi connectivity index (χ1) is 14.3. The average molecular weight is 393 g/mol. The molecule has 2 aromatic heterocycles. The third-order valence-electron chi connectivity index (χ3n) is 4.02. The van der Waals surface area contributed by atoms with Crippen molar-refractivity contribution in [3.63, 3.8) is 0 Å². The summed E-state index contributed by atoms with van der Waals surface area (Å²) in [6.07, 6.45) is 1.57. The number of hydrazone groups is 1. The predicted molar refractivity (Wildman–Crippen MR) is 101 cm³/mol. The van der Waals surface area contributed by atoms with Crippen molar-refractivity contribution in [2.75, 3.05) is 17.5 Å². The minimum Gasteiger partial charge on any atom is -0.454 e. The summed E-state index contributed by atoms with van der Waals surface area (Å²) < 4.78 is 29.3. The Morgan fingerprint density at radius 1 is 0.966 bits per heavy atom. The number of hydrogen-bond donors (Lipinski definition) is 2. The number of nitrogens with zero attached hydrogens (tertiary/aromatic N) is 5. The van der Waals surface area contributed by atoms with E-state index in [4.69, 9.17) is 9.47 Å². The van der Waals surface area contributed by atoms with Gasteiger partial charge in [-0.25, -0.2) is 14.0 Å². The lowest BCUT2D eigenvalue weighted by atomic mass is 10.2. The lowest BCUT2D eigenvalue weighted by molar-refractivity contribution is 0.174. The Bertz CT molecular complexity index is 1230. The van der Waals surface area contributed by atoms with Crippen molar-refractivity contribution >= 4 is 34.8 Å². The van der Waals surface area contributed by atoms with Crippen LogP contribution in [0.15, 0.2) is 52.2 Å². The van der Waals surface area contributed by atoms with E-state index < -0.39 is 5.82 Å². The number of aromatic nitrogens is 4. The standard InChI is InChI=1S/C18H12FN7O3/c19-11-3-1-2-4-12(11)21-15-16(23-18-17(22-15)25-29-26-18)24-20-8-10-5-6-13-14(7-10)28-9-27-13/h1-8H,9H2,(H,21,22,25)(H,23,24,26). The van der Waals surface area contributed by atoms with Crippen LogP contribution < -0.4 is 20.2 Å². The van der Waals surface area contributed by atoms with Crippen LogP contribution in [-0.2, 0) is 0 Å². The molecule has 0 amide bonds. The van der Waals surface area contributed by atoms with E-state index in [1.165, 1.54) is 6.07 Å². The zero-order chi connectivity index (χ0) is 19.6.